The summed E-state index contributed by atoms with van der Waals surface area (Å²) in [6.07, 6.45) is 1.50. The predicted octanol–water partition coefficient (Wildman–Crippen LogP) is 3.31. The van der Waals surface area contributed by atoms with Gasteiger partial charge in [-0.2, -0.15) is 0 Å². The highest BCUT2D eigenvalue weighted by Gasteiger charge is 2.22. The van der Waals surface area contributed by atoms with Gasteiger partial charge in [-0.3, -0.25) is 0 Å². The largest absolute Gasteiger partial charge is 0.494 e. The summed E-state index contributed by atoms with van der Waals surface area (Å²) >= 11 is 1.59. The quantitative estimate of drug-likeness (QED) is 0.589. The average molecular weight is 269 g/mol. The van der Waals surface area contributed by atoms with Crippen molar-refractivity contribution in [3.63, 3.8) is 0 Å². The van der Waals surface area contributed by atoms with Crippen molar-refractivity contribution in [3.8, 4) is 5.75 Å². The van der Waals surface area contributed by atoms with Crippen molar-refractivity contribution in [2.24, 2.45) is 0 Å². The second-order valence-electron chi connectivity index (χ2n) is 4.35. The van der Waals surface area contributed by atoms with E-state index in [1.54, 1.807) is 11.8 Å². The third-order valence-electron chi connectivity index (χ3n) is 3.11. The zero-order chi connectivity index (χ0) is 13.6. The van der Waals surface area contributed by atoms with Gasteiger partial charge in [0, 0.05) is 16.3 Å². The lowest BCUT2D eigenvalue weighted by Gasteiger charge is -2.24. The summed E-state index contributed by atoms with van der Waals surface area (Å²) in [6.45, 7) is 6.60. The van der Waals surface area contributed by atoms with Gasteiger partial charge in [0.05, 0.1) is 12.2 Å². The molecular weight excluding hydrogens is 246 g/mol. The molecule has 102 valence electrons. The van der Waals surface area contributed by atoms with Gasteiger partial charge in [-0.1, -0.05) is 13.8 Å². The van der Waals surface area contributed by atoms with E-state index in [1.807, 2.05) is 39.0 Å². The van der Waals surface area contributed by atoms with Gasteiger partial charge in [0.25, 0.3) is 0 Å². The van der Waals surface area contributed by atoms with Gasteiger partial charge in [0.1, 0.15) is 5.75 Å². The lowest BCUT2D eigenvalue weighted by atomic mass is 10.0. The number of rotatable bonds is 7. The molecule has 1 aromatic carbocycles. The molecule has 0 aromatic heterocycles. The Morgan fingerprint density at radius 2 is 1.94 bits per heavy atom. The Kier molecular flexibility index (Phi) is 5.82. The molecule has 1 rings (SSSR count). The number of aliphatic hydroxyl groups is 1. The number of nitrogen functional groups attached to an aromatic ring is 1. The first-order valence-corrected chi connectivity index (χ1v) is 7.40. The first kappa shape index (κ1) is 15.2. The van der Waals surface area contributed by atoms with E-state index in [0.717, 1.165) is 29.2 Å². The monoisotopic (exact) mass is 269 g/mol. The molecule has 0 atom stereocenters. The van der Waals surface area contributed by atoms with E-state index < -0.39 is 5.60 Å². The Hall–Kier alpha value is -0.870. The summed E-state index contributed by atoms with van der Waals surface area (Å²) in [7, 11) is 0. The maximum Gasteiger partial charge on any atom is 0.120 e. The van der Waals surface area contributed by atoms with Gasteiger partial charge in [0.15, 0.2) is 0 Å². The minimum Gasteiger partial charge on any atom is -0.494 e. The molecular formula is C14H23NO2S. The van der Waals surface area contributed by atoms with Crippen molar-refractivity contribution in [2.45, 2.75) is 44.1 Å². The summed E-state index contributed by atoms with van der Waals surface area (Å²) in [5.41, 5.74) is 6.06. The topological polar surface area (TPSA) is 55.5 Å². The first-order valence-electron chi connectivity index (χ1n) is 6.42. The van der Waals surface area contributed by atoms with Crippen molar-refractivity contribution in [3.05, 3.63) is 18.2 Å². The molecule has 0 spiro atoms. The van der Waals surface area contributed by atoms with Crippen LogP contribution in [-0.2, 0) is 0 Å². The molecule has 0 heterocycles. The molecule has 3 nitrogen and oxygen atoms in total. The molecule has 1 aromatic rings. The molecule has 0 saturated carbocycles. The van der Waals surface area contributed by atoms with E-state index in [1.165, 1.54) is 0 Å². The van der Waals surface area contributed by atoms with E-state index >= 15 is 0 Å². The second-order valence-corrected chi connectivity index (χ2v) is 5.37. The Labute approximate surface area is 114 Å². The fraction of sp³-hybridized carbons (Fsp3) is 0.571. The van der Waals surface area contributed by atoms with Crippen LogP contribution in [-0.4, -0.2) is 23.1 Å². The minimum absolute atomic E-state index is 0.612. The Bertz CT molecular complexity index is 378. The highest BCUT2D eigenvalue weighted by molar-refractivity contribution is 7.99. The Morgan fingerprint density at radius 3 is 2.50 bits per heavy atom. The van der Waals surface area contributed by atoms with Crippen LogP contribution in [0.4, 0.5) is 5.69 Å². The van der Waals surface area contributed by atoms with Crippen LogP contribution in [0.25, 0.3) is 0 Å². The van der Waals surface area contributed by atoms with Crippen LogP contribution in [0.15, 0.2) is 23.1 Å². The highest BCUT2D eigenvalue weighted by atomic mass is 32.2. The minimum atomic E-state index is -0.612. The number of nitrogens with two attached hydrogens (primary N) is 1. The van der Waals surface area contributed by atoms with Crippen LogP contribution in [0.5, 0.6) is 5.75 Å². The number of hydrogen-bond donors (Lipinski definition) is 2. The van der Waals surface area contributed by atoms with Crippen molar-refractivity contribution in [1.29, 1.82) is 0 Å². The van der Waals surface area contributed by atoms with Gasteiger partial charge >= 0.3 is 0 Å². The molecule has 0 aliphatic carbocycles. The zero-order valence-electron chi connectivity index (χ0n) is 11.4. The third kappa shape index (κ3) is 4.10. The summed E-state index contributed by atoms with van der Waals surface area (Å²) in [4.78, 5) is 0.973. The smallest absolute Gasteiger partial charge is 0.120 e. The number of benzene rings is 1. The van der Waals surface area contributed by atoms with E-state index in [9.17, 15) is 5.11 Å². The fourth-order valence-corrected chi connectivity index (χ4v) is 2.83. The lowest BCUT2D eigenvalue weighted by Crippen LogP contribution is -2.29. The van der Waals surface area contributed by atoms with Crippen LogP contribution in [0, 0.1) is 0 Å². The summed E-state index contributed by atoms with van der Waals surface area (Å²) < 4.78 is 5.45. The number of ether oxygens (including phenoxy) is 1. The number of hydrogen-bond acceptors (Lipinski definition) is 4. The highest BCUT2D eigenvalue weighted by Crippen LogP contribution is 2.33. The SMILES string of the molecule is CCOc1ccc(N)c(SCC(O)(CC)CC)c1. The first-order chi connectivity index (χ1) is 8.54. The summed E-state index contributed by atoms with van der Waals surface area (Å²) in [6, 6.07) is 5.66. The van der Waals surface area contributed by atoms with Crippen LogP contribution in [0.2, 0.25) is 0 Å². The van der Waals surface area contributed by atoms with Crippen LogP contribution >= 0.6 is 11.8 Å². The van der Waals surface area contributed by atoms with Gasteiger partial charge < -0.3 is 15.6 Å². The van der Waals surface area contributed by atoms with Crippen molar-refractivity contribution in [2.75, 3.05) is 18.1 Å². The van der Waals surface area contributed by atoms with Crippen LogP contribution in [0.3, 0.4) is 0 Å². The Balaban J connectivity index is 2.74. The van der Waals surface area contributed by atoms with Gasteiger partial charge in [0.2, 0.25) is 0 Å². The molecule has 0 amide bonds. The van der Waals surface area contributed by atoms with Gasteiger partial charge in [-0.15, -0.1) is 11.8 Å². The fourth-order valence-electron chi connectivity index (χ4n) is 1.56. The van der Waals surface area contributed by atoms with E-state index in [0.29, 0.717) is 12.4 Å². The van der Waals surface area contributed by atoms with Gasteiger partial charge in [-0.25, -0.2) is 0 Å². The van der Waals surface area contributed by atoms with Crippen molar-refractivity contribution in [1.82, 2.24) is 0 Å². The maximum atomic E-state index is 10.3. The molecule has 3 N–H and O–H groups in total. The third-order valence-corrected chi connectivity index (χ3v) is 4.45. The molecule has 0 unspecified atom stereocenters. The van der Waals surface area contributed by atoms with Gasteiger partial charge in [-0.05, 0) is 38.0 Å². The van der Waals surface area contributed by atoms with Crippen molar-refractivity contribution >= 4 is 17.4 Å². The Morgan fingerprint density at radius 1 is 1.28 bits per heavy atom. The lowest BCUT2D eigenvalue weighted by molar-refractivity contribution is 0.0572. The van der Waals surface area contributed by atoms with Crippen LogP contribution < -0.4 is 10.5 Å². The second kappa shape index (κ2) is 6.90. The molecule has 0 radical (unpaired) electrons. The zero-order valence-corrected chi connectivity index (χ0v) is 12.2. The molecule has 18 heavy (non-hydrogen) atoms. The van der Waals surface area contributed by atoms with Crippen LogP contribution in [0.1, 0.15) is 33.6 Å². The number of thioether (sulfide) groups is 1. The molecule has 0 aliphatic heterocycles. The molecule has 0 saturated heterocycles. The molecule has 0 fully saturated rings. The van der Waals surface area contributed by atoms with E-state index in [-0.39, 0.29) is 0 Å². The van der Waals surface area contributed by atoms with Crippen molar-refractivity contribution < 1.29 is 9.84 Å². The average Bonchev–Trinajstić information content (AvgIpc) is 2.39. The summed E-state index contributed by atoms with van der Waals surface area (Å²) in [5.74, 6) is 1.48. The molecule has 4 heteroatoms. The number of anilines is 1. The van der Waals surface area contributed by atoms with E-state index in [4.69, 9.17) is 10.5 Å². The molecule has 0 aliphatic rings. The summed E-state index contributed by atoms with van der Waals surface area (Å²) in [5, 5.41) is 10.3. The maximum absolute atomic E-state index is 10.3. The normalized spacial score (nSPS) is 11.6. The predicted molar refractivity (Wildman–Crippen MR) is 78.3 cm³/mol. The molecule has 0 bridgehead atoms. The standard InChI is InChI=1S/C14H23NO2S/c1-4-14(16,5-2)10-18-13-9-11(17-6-3)7-8-12(13)15/h7-9,16H,4-6,10,15H2,1-3H3. The van der Waals surface area contributed by atoms with E-state index in [2.05, 4.69) is 0 Å².